The van der Waals surface area contributed by atoms with Crippen LogP contribution in [0, 0.1) is 5.82 Å². The smallest absolute Gasteiger partial charge is 0.311 e. The van der Waals surface area contributed by atoms with Gasteiger partial charge in [0.15, 0.2) is 0 Å². The molecule has 0 heterocycles. The van der Waals surface area contributed by atoms with Crippen molar-refractivity contribution < 1.29 is 23.5 Å². The molecule has 0 bridgehead atoms. The number of benzene rings is 1. The summed E-state index contributed by atoms with van der Waals surface area (Å²) in [5, 5.41) is 0. The van der Waals surface area contributed by atoms with Crippen LogP contribution in [0.25, 0.3) is 0 Å². The highest BCUT2D eigenvalue weighted by Gasteiger charge is 2.14. The summed E-state index contributed by atoms with van der Waals surface area (Å²) < 4.78 is 23.8. The Kier molecular flexibility index (Phi) is 11.2. The van der Waals surface area contributed by atoms with E-state index in [0.29, 0.717) is 4.47 Å². The summed E-state index contributed by atoms with van der Waals surface area (Å²) in [5.41, 5.74) is 0. The van der Waals surface area contributed by atoms with Crippen LogP contribution in [-0.4, -0.2) is 18.0 Å². The lowest BCUT2D eigenvalue weighted by Gasteiger charge is -2.13. The second-order valence-electron chi connectivity index (χ2n) is 6.41. The molecule has 6 heteroatoms. The Hall–Kier alpha value is -1.43. The van der Waals surface area contributed by atoms with Crippen LogP contribution in [0.4, 0.5) is 4.39 Å². The Bertz CT molecular complexity index is 577. The second kappa shape index (κ2) is 12.8. The van der Waals surface area contributed by atoms with Gasteiger partial charge in [-0.1, -0.05) is 39.0 Å². The van der Waals surface area contributed by atoms with Gasteiger partial charge in [-0.15, -0.1) is 0 Å². The van der Waals surface area contributed by atoms with Crippen LogP contribution < -0.4 is 4.74 Å². The lowest BCUT2D eigenvalue weighted by molar-refractivity contribution is -0.151. The van der Waals surface area contributed by atoms with E-state index in [0.717, 1.165) is 19.3 Å². The van der Waals surface area contributed by atoms with Crippen LogP contribution in [-0.2, 0) is 14.3 Å². The van der Waals surface area contributed by atoms with Gasteiger partial charge in [0.05, 0.1) is 23.4 Å². The number of esters is 2. The predicted molar refractivity (Wildman–Crippen MR) is 103 cm³/mol. The van der Waals surface area contributed by atoms with Gasteiger partial charge < -0.3 is 9.47 Å². The molecule has 0 radical (unpaired) electrons. The highest BCUT2D eigenvalue weighted by Crippen LogP contribution is 2.25. The monoisotopic (exact) mass is 430 g/mol. The Morgan fingerprint density at radius 3 is 2.42 bits per heavy atom. The first kappa shape index (κ1) is 22.6. The fourth-order valence-electron chi connectivity index (χ4n) is 2.49. The van der Waals surface area contributed by atoms with E-state index in [9.17, 15) is 14.0 Å². The maximum Gasteiger partial charge on any atom is 0.311 e. The molecule has 0 saturated heterocycles. The van der Waals surface area contributed by atoms with E-state index in [1.54, 1.807) is 0 Å². The van der Waals surface area contributed by atoms with Crippen molar-refractivity contribution in [2.24, 2.45) is 0 Å². The molecule has 0 saturated carbocycles. The van der Waals surface area contributed by atoms with Gasteiger partial charge in [0.25, 0.3) is 0 Å². The molecule has 0 aliphatic carbocycles. The summed E-state index contributed by atoms with van der Waals surface area (Å²) in [6.45, 7) is 4.06. The molecular weight excluding hydrogens is 403 g/mol. The minimum Gasteiger partial charge on any atom is -0.463 e. The summed E-state index contributed by atoms with van der Waals surface area (Å²) in [6.07, 6.45) is 7.77. The average Bonchev–Trinajstić information content (AvgIpc) is 2.58. The third-order valence-electron chi connectivity index (χ3n) is 3.95. The number of hydrogen-bond acceptors (Lipinski definition) is 4. The molecule has 1 rings (SSSR count). The van der Waals surface area contributed by atoms with Crippen molar-refractivity contribution in [3.05, 3.63) is 28.5 Å². The minimum absolute atomic E-state index is 0.0293. The Balaban J connectivity index is 2.19. The van der Waals surface area contributed by atoms with Gasteiger partial charge in [-0.25, -0.2) is 4.39 Å². The fraction of sp³-hybridized carbons (Fsp3) is 0.600. The van der Waals surface area contributed by atoms with E-state index in [-0.39, 0.29) is 24.7 Å². The Morgan fingerprint density at radius 2 is 1.73 bits per heavy atom. The van der Waals surface area contributed by atoms with E-state index in [4.69, 9.17) is 9.47 Å². The molecule has 0 spiro atoms. The maximum absolute atomic E-state index is 13.0. The molecule has 146 valence electrons. The van der Waals surface area contributed by atoms with Gasteiger partial charge in [-0.2, -0.15) is 0 Å². The van der Waals surface area contributed by atoms with Gasteiger partial charge in [0.1, 0.15) is 11.6 Å². The quantitative estimate of drug-likeness (QED) is 0.233. The summed E-state index contributed by atoms with van der Waals surface area (Å²) in [4.78, 5) is 23.6. The lowest BCUT2D eigenvalue weighted by atomic mass is 10.1. The van der Waals surface area contributed by atoms with Crippen molar-refractivity contribution in [2.75, 3.05) is 0 Å². The van der Waals surface area contributed by atoms with Crippen LogP contribution >= 0.6 is 15.9 Å². The molecule has 0 aliphatic heterocycles. The van der Waals surface area contributed by atoms with Crippen molar-refractivity contribution in [1.82, 2.24) is 0 Å². The first-order valence-corrected chi connectivity index (χ1v) is 10.1. The molecule has 1 atom stereocenters. The zero-order chi connectivity index (χ0) is 19.4. The first-order valence-electron chi connectivity index (χ1n) is 9.27. The number of ether oxygens (including phenoxy) is 2. The number of carbonyl (C=O) groups is 2. The number of halogens is 2. The molecule has 0 amide bonds. The number of hydrogen-bond donors (Lipinski definition) is 0. The van der Waals surface area contributed by atoms with E-state index in [1.807, 2.05) is 6.92 Å². The van der Waals surface area contributed by atoms with E-state index >= 15 is 0 Å². The number of rotatable bonds is 12. The largest absolute Gasteiger partial charge is 0.463 e. The third kappa shape index (κ3) is 9.90. The Labute approximate surface area is 163 Å². The Morgan fingerprint density at radius 1 is 1.08 bits per heavy atom. The molecule has 0 N–H and O–H groups in total. The molecule has 0 fully saturated rings. The molecule has 1 unspecified atom stereocenters. The van der Waals surface area contributed by atoms with Crippen LogP contribution in [0.3, 0.4) is 0 Å². The molecule has 4 nitrogen and oxygen atoms in total. The molecule has 0 aromatic heterocycles. The van der Waals surface area contributed by atoms with Crippen LogP contribution in [0.5, 0.6) is 5.75 Å². The number of unbranched alkanes of at least 4 members (excludes halogenated alkanes) is 5. The van der Waals surface area contributed by atoms with Crippen molar-refractivity contribution >= 4 is 27.9 Å². The SMILES string of the molecule is CCCCCCCCC(C)OC(=O)CCC(=O)Oc1ccc(F)cc1Br. The van der Waals surface area contributed by atoms with Crippen LogP contribution in [0.1, 0.15) is 71.6 Å². The summed E-state index contributed by atoms with van der Waals surface area (Å²) in [5.74, 6) is -1.17. The van der Waals surface area contributed by atoms with Crippen LogP contribution in [0.15, 0.2) is 22.7 Å². The highest BCUT2D eigenvalue weighted by molar-refractivity contribution is 9.10. The third-order valence-corrected chi connectivity index (χ3v) is 4.57. The van der Waals surface area contributed by atoms with Crippen molar-refractivity contribution in [3.63, 3.8) is 0 Å². The maximum atomic E-state index is 13.0. The van der Waals surface area contributed by atoms with Gasteiger partial charge in [0.2, 0.25) is 0 Å². The first-order chi connectivity index (χ1) is 12.4. The van der Waals surface area contributed by atoms with E-state index in [1.165, 1.54) is 43.9 Å². The van der Waals surface area contributed by atoms with Crippen molar-refractivity contribution in [2.45, 2.75) is 77.7 Å². The zero-order valence-corrected chi connectivity index (χ0v) is 17.1. The summed E-state index contributed by atoms with van der Waals surface area (Å²) >= 11 is 3.12. The minimum atomic E-state index is -0.558. The van der Waals surface area contributed by atoms with Gasteiger partial charge >= 0.3 is 11.9 Å². The zero-order valence-electron chi connectivity index (χ0n) is 15.6. The molecule has 26 heavy (non-hydrogen) atoms. The van der Waals surface area contributed by atoms with Crippen molar-refractivity contribution in [1.29, 1.82) is 0 Å². The van der Waals surface area contributed by atoms with Crippen LogP contribution in [0.2, 0.25) is 0 Å². The molecular formula is C20H28BrFO4. The standard InChI is InChI=1S/C20H28BrFO4/c1-3-4-5-6-7-8-9-15(2)25-19(23)12-13-20(24)26-18-11-10-16(22)14-17(18)21/h10-11,14-15H,3-9,12-13H2,1-2H3. The molecule has 0 aliphatic rings. The van der Waals surface area contributed by atoms with Crippen molar-refractivity contribution in [3.8, 4) is 5.75 Å². The second-order valence-corrected chi connectivity index (χ2v) is 7.26. The van der Waals surface area contributed by atoms with Gasteiger partial charge in [0, 0.05) is 0 Å². The topological polar surface area (TPSA) is 52.6 Å². The van der Waals surface area contributed by atoms with E-state index in [2.05, 4.69) is 22.9 Å². The lowest BCUT2D eigenvalue weighted by Crippen LogP contribution is -2.17. The molecule has 1 aromatic rings. The van der Waals surface area contributed by atoms with Gasteiger partial charge in [-0.3, -0.25) is 9.59 Å². The number of carbonyl (C=O) groups excluding carboxylic acids is 2. The summed E-state index contributed by atoms with van der Waals surface area (Å²) in [6, 6.07) is 3.77. The highest BCUT2D eigenvalue weighted by atomic mass is 79.9. The fourth-order valence-corrected chi connectivity index (χ4v) is 2.92. The van der Waals surface area contributed by atoms with E-state index < -0.39 is 17.8 Å². The normalized spacial score (nSPS) is 11.8. The predicted octanol–water partition coefficient (Wildman–Crippen LogP) is 5.96. The summed E-state index contributed by atoms with van der Waals surface area (Å²) in [7, 11) is 0. The molecule has 1 aromatic carbocycles. The average molecular weight is 431 g/mol. The van der Waals surface area contributed by atoms with Gasteiger partial charge in [-0.05, 0) is 53.9 Å².